The summed E-state index contributed by atoms with van der Waals surface area (Å²) in [7, 11) is 0. The average Bonchev–Trinajstić information content (AvgIpc) is 2.87. The van der Waals surface area contributed by atoms with Crippen LogP contribution in [-0.4, -0.2) is 51.3 Å². The molecule has 2 atom stereocenters. The maximum atomic E-state index is 12.6. The molecule has 0 saturated carbocycles. The second-order valence-corrected chi connectivity index (χ2v) is 5.09. The van der Waals surface area contributed by atoms with Gasteiger partial charge in [-0.3, -0.25) is 9.78 Å². The van der Waals surface area contributed by atoms with Crippen molar-refractivity contribution in [2.75, 3.05) is 13.2 Å². The van der Waals surface area contributed by atoms with Crippen LogP contribution in [0.25, 0.3) is 10.8 Å². The molecule has 0 unspecified atom stereocenters. The van der Waals surface area contributed by atoms with Crippen LogP contribution in [0.15, 0.2) is 36.7 Å². The van der Waals surface area contributed by atoms with E-state index < -0.39 is 6.10 Å². The Kier molecular flexibility index (Phi) is 3.38. The molecule has 1 aliphatic rings. The third-order valence-electron chi connectivity index (χ3n) is 3.76. The van der Waals surface area contributed by atoms with Gasteiger partial charge in [0.2, 0.25) is 0 Å². The summed E-state index contributed by atoms with van der Waals surface area (Å²) in [6.45, 7) is 0.119. The van der Waals surface area contributed by atoms with E-state index in [4.69, 9.17) is 0 Å². The monoisotopic (exact) mass is 272 g/mol. The number of carbonyl (C=O) groups excluding carboxylic acids is 1. The van der Waals surface area contributed by atoms with E-state index in [0.29, 0.717) is 12.0 Å². The molecule has 0 aliphatic carbocycles. The summed E-state index contributed by atoms with van der Waals surface area (Å²) in [6.07, 6.45) is 3.11. The van der Waals surface area contributed by atoms with Crippen LogP contribution in [0.5, 0.6) is 0 Å². The zero-order valence-corrected chi connectivity index (χ0v) is 10.9. The highest BCUT2D eigenvalue weighted by atomic mass is 16.3. The van der Waals surface area contributed by atoms with Crippen molar-refractivity contribution in [3.63, 3.8) is 0 Å². The number of aliphatic hydroxyl groups excluding tert-OH is 2. The van der Waals surface area contributed by atoms with Crippen molar-refractivity contribution in [3.05, 3.63) is 42.2 Å². The zero-order valence-electron chi connectivity index (χ0n) is 10.9. The SMILES string of the molecule is O=C(c1cncc2ccccc12)N1C[C@H](O)C[C@H]1CO. The van der Waals surface area contributed by atoms with Crippen molar-refractivity contribution in [1.29, 1.82) is 0 Å². The molecule has 5 heteroatoms. The largest absolute Gasteiger partial charge is 0.394 e. The molecular weight excluding hydrogens is 256 g/mol. The lowest BCUT2D eigenvalue weighted by Gasteiger charge is -2.23. The van der Waals surface area contributed by atoms with Gasteiger partial charge in [0.25, 0.3) is 5.91 Å². The topological polar surface area (TPSA) is 73.7 Å². The van der Waals surface area contributed by atoms with E-state index in [2.05, 4.69) is 4.98 Å². The first-order valence-corrected chi connectivity index (χ1v) is 6.63. The van der Waals surface area contributed by atoms with E-state index in [9.17, 15) is 15.0 Å². The van der Waals surface area contributed by atoms with Gasteiger partial charge >= 0.3 is 0 Å². The Balaban J connectivity index is 2.00. The molecule has 1 aromatic carbocycles. The van der Waals surface area contributed by atoms with Crippen LogP contribution in [0.4, 0.5) is 0 Å². The molecule has 104 valence electrons. The standard InChI is InChI=1S/C15H16N2O3/c18-9-11-5-12(19)8-17(11)15(20)14-7-16-6-10-3-1-2-4-13(10)14/h1-4,6-7,11-12,18-19H,5,8-9H2/t11-,12+/m0/s1. The Hall–Kier alpha value is -1.98. The molecular formula is C15H16N2O3. The normalized spacial score (nSPS) is 22.4. The average molecular weight is 272 g/mol. The molecule has 2 aromatic rings. The van der Waals surface area contributed by atoms with Gasteiger partial charge in [-0.25, -0.2) is 0 Å². The van der Waals surface area contributed by atoms with Gasteiger partial charge in [0.15, 0.2) is 0 Å². The first-order valence-electron chi connectivity index (χ1n) is 6.63. The van der Waals surface area contributed by atoms with E-state index in [0.717, 1.165) is 10.8 Å². The number of benzene rings is 1. The number of hydrogen-bond donors (Lipinski definition) is 2. The smallest absolute Gasteiger partial charge is 0.256 e. The van der Waals surface area contributed by atoms with Gasteiger partial charge in [-0.05, 0) is 11.8 Å². The molecule has 0 radical (unpaired) electrons. The number of pyridine rings is 1. The van der Waals surface area contributed by atoms with E-state index in [1.165, 1.54) is 4.90 Å². The number of nitrogens with zero attached hydrogens (tertiary/aromatic N) is 2. The van der Waals surface area contributed by atoms with Crippen LogP contribution in [-0.2, 0) is 0 Å². The quantitative estimate of drug-likeness (QED) is 0.848. The minimum atomic E-state index is -0.570. The lowest BCUT2D eigenvalue weighted by molar-refractivity contribution is 0.0666. The second kappa shape index (κ2) is 5.19. The minimum absolute atomic E-state index is 0.138. The lowest BCUT2D eigenvalue weighted by Crippen LogP contribution is -2.38. The molecule has 5 nitrogen and oxygen atoms in total. The van der Waals surface area contributed by atoms with Crippen molar-refractivity contribution in [1.82, 2.24) is 9.88 Å². The molecule has 0 spiro atoms. The first-order chi connectivity index (χ1) is 9.70. The van der Waals surface area contributed by atoms with Crippen molar-refractivity contribution in [2.24, 2.45) is 0 Å². The highest BCUT2D eigenvalue weighted by Gasteiger charge is 2.34. The first kappa shape index (κ1) is 13.0. The molecule has 3 rings (SSSR count). The molecule has 1 amide bonds. The van der Waals surface area contributed by atoms with Crippen LogP contribution >= 0.6 is 0 Å². The Labute approximate surface area is 116 Å². The number of hydrogen-bond acceptors (Lipinski definition) is 4. The van der Waals surface area contributed by atoms with Crippen molar-refractivity contribution in [3.8, 4) is 0 Å². The van der Waals surface area contributed by atoms with Crippen LogP contribution < -0.4 is 0 Å². The fourth-order valence-electron chi connectivity index (χ4n) is 2.76. The third-order valence-corrected chi connectivity index (χ3v) is 3.76. The Bertz CT molecular complexity index is 639. The molecule has 1 aromatic heterocycles. The van der Waals surface area contributed by atoms with Gasteiger partial charge in [-0.15, -0.1) is 0 Å². The number of aromatic nitrogens is 1. The van der Waals surface area contributed by atoms with Crippen molar-refractivity contribution >= 4 is 16.7 Å². The molecule has 0 bridgehead atoms. The zero-order chi connectivity index (χ0) is 14.1. The third kappa shape index (κ3) is 2.15. The van der Waals surface area contributed by atoms with Gasteiger partial charge in [0.1, 0.15) is 0 Å². The predicted molar refractivity (Wildman–Crippen MR) is 74.3 cm³/mol. The van der Waals surface area contributed by atoms with Gasteiger partial charge in [-0.1, -0.05) is 24.3 Å². The Morgan fingerprint density at radius 2 is 2.15 bits per heavy atom. The van der Waals surface area contributed by atoms with Crippen LogP contribution in [0.2, 0.25) is 0 Å². The molecule has 1 saturated heterocycles. The number of carbonyl (C=O) groups is 1. The fourth-order valence-corrected chi connectivity index (χ4v) is 2.76. The summed E-state index contributed by atoms with van der Waals surface area (Å²) in [6, 6.07) is 7.23. The summed E-state index contributed by atoms with van der Waals surface area (Å²) in [4.78, 5) is 18.3. The summed E-state index contributed by atoms with van der Waals surface area (Å²) < 4.78 is 0. The number of likely N-dealkylation sites (tertiary alicyclic amines) is 1. The summed E-state index contributed by atoms with van der Waals surface area (Å²) in [5, 5.41) is 20.8. The maximum Gasteiger partial charge on any atom is 0.256 e. The minimum Gasteiger partial charge on any atom is -0.394 e. The van der Waals surface area contributed by atoms with Crippen LogP contribution in [0.3, 0.4) is 0 Å². The number of rotatable bonds is 2. The van der Waals surface area contributed by atoms with Gasteiger partial charge < -0.3 is 15.1 Å². The number of amides is 1. The van der Waals surface area contributed by atoms with Crippen LogP contribution in [0.1, 0.15) is 16.8 Å². The Morgan fingerprint density at radius 1 is 1.35 bits per heavy atom. The highest BCUT2D eigenvalue weighted by molar-refractivity contribution is 6.06. The van der Waals surface area contributed by atoms with E-state index in [-0.39, 0.29) is 25.1 Å². The van der Waals surface area contributed by atoms with E-state index in [1.54, 1.807) is 12.4 Å². The maximum absolute atomic E-state index is 12.6. The molecule has 2 heterocycles. The summed E-state index contributed by atoms with van der Waals surface area (Å²) in [5.41, 5.74) is 0.510. The van der Waals surface area contributed by atoms with Gasteiger partial charge in [0, 0.05) is 24.3 Å². The Morgan fingerprint density at radius 3 is 2.95 bits per heavy atom. The predicted octanol–water partition coefficient (Wildman–Crippen LogP) is 0.802. The van der Waals surface area contributed by atoms with Gasteiger partial charge in [-0.2, -0.15) is 0 Å². The van der Waals surface area contributed by atoms with E-state index >= 15 is 0 Å². The summed E-state index contributed by atoms with van der Waals surface area (Å²) >= 11 is 0. The second-order valence-electron chi connectivity index (χ2n) is 5.09. The molecule has 20 heavy (non-hydrogen) atoms. The molecule has 1 fully saturated rings. The lowest BCUT2D eigenvalue weighted by atomic mass is 10.1. The number of aliphatic hydroxyl groups is 2. The van der Waals surface area contributed by atoms with Crippen LogP contribution in [0, 0.1) is 0 Å². The fraction of sp³-hybridized carbons (Fsp3) is 0.333. The van der Waals surface area contributed by atoms with Crippen molar-refractivity contribution in [2.45, 2.75) is 18.6 Å². The molecule has 1 aliphatic heterocycles. The highest BCUT2D eigenvalue weighted by Crippen LogP contribution is 2.24. The van der Waals surface area contributed by atoms with Crippen molar-refractivity contribution < 1.29 is 15.0 Å². The van der Waals surface area contributed by atoms with Gasteiger partial charge in [0.05, 0.1) is 24.3 Å². The summed E-state index contributed by atoms with van der Waals surface area (Å²) in [5.74, 6) is -0.190. The number of fused-ring (bicyclic) bond motifs is 1. The van der Waals surface area contributed by atoms with E-state index in [1.807, 2.05) is 24.3 Å². The number of β-amino-alcohol motifs (C(OH)–C–C–N with tert-alkyl or cyclic N) is 1. The molecule has 2 N–H and O–H groups in total.